The molecule has 0 amide bonds. The van der Waals surface area contributed by atoms with Crippen LogP contribution in [0.4, 0.5) is 0 Å². The SMILES string of the molecule is [S][C@H]1CNC(=S)C1. The molecule has 1 rings (SSSR count). The highest BCUT2D eigenvalue weighted by Crippen LogP contribution is 2.06. The van der Waals surface area contributed by atoms with E-state index in [-0.39, 0.29) is 0 Å². The van der Waals surface area contributed by atoms with Crippen LogP contribution in [0, 0.1) is 0 Å². The molecule has 7 heavy (non-hydrogen) atoms. The molecule has 1 saturated heterocycles. The van der Waals surface area contributed by atoms with Gasteiger partial charge < -0.3 is 5.32 Å². The van der Waals surface area contributed by atoms with Crippen molar-refractivity contribution in [3.63, 3.8) is 0 Å². The molecule has 1 atom stereocenters. The first-order valence-corrected chi connectivity index (χ1v) is 3.09. The van der Waals surface area contributed by atoms with Crippen molar-refractivity contribution < 1.29 is 0 Å². The summed E-state index contributed by atoms with van der Waals surface area (Å²) in [5, 5.41) is 3.35. The normalized spacial score (nSPS) is 30.4. The Morgan fingerprint density at radius 2 is 2.43 bits per heavy atom. The molecule has 1 radical (unpaired) electrons. The van der Waals surface area contributed by atoms with Gasteiger partial charge in [0.05, 0.1) is 4.99 Å². The molecule has 1 nitrogen and oxygen atoms in total. The van der Waals surface area contributed by atoms with E-state index in [1.165, 1.54) is 0 Å². The first-order chi connectivity index (χ1) is 3.29. The molecule has 3 heteroatoms. The van der Waals surface area contributed by atoms with Crippen LogP contribution in [0.3, 0.4) is 0 Å². The summed E-state index contributed by atoms with van der Waals surface area (Å²) in [6.07, 6.45) is 0.907. The summed E-state index contributed by atoms with van der Waals surface area (Å²) in [4.78, 5) is 0.931. The standard InChI is InChI=1S/C4H6NS2/c6-3-1-4(7)5-2-3/h3H,1-2H2,(H,5,7)/t3-/m1/s1. The van der Waals surface area contributed by atoms with E-state index in [1.807, 2.05) is 0 Å². The molecule has 39 valence electrons. The maximum atomic E-state index is 4.93. The van der Waals surface area contributed by atoms with Crippen LogP contribution in [0.25, 0.3) is 0 Å². The lowest BCUT2D eigenvalue weighted by molar-refractivity contribution is 0.937. The van der Waals surface area contributed by atoms with E-state index >= 15 is 0 Å². The first kappa shape index (κ1) is 5.38. The summed E-state index contributed by atoms with van der Waals surface area (Å²) in [5.74, 6) is 0. The van der Waals surface area contributed by atoms with Gasteiger partial charge in [-0.15, -0.1) is 0 Å². The summed E-state index contributed by atoms with van der Waals surface area (Å²) in [6.45, 7) is 0.897. The Bertz CT molecular complexity index is 91.7. The Labute approximate surface area is 53.9 Å². The van der Waals surface area contributed by atoms with Crippen LogP contribution in [-0.2, 0) is 0 Å². The molecule has 0 spiro atoms. The molecule has 1 N–H and O–H groups in total. The molecule has 0 aromatic heterocycles. The second kappa shape index (κ2) is 2.01. The minimum absolute atomic E-state index is 0.354. The first-order valence-electron chi connectivity index (χ1n) is 2.21. The van der Waals surface area contributed by atoms with E-state index in [9.17, 15) is 0 Å². The van der Waals surface area contributed by atoms with E-state index < -0.39 is 0 Å². The van der Waals surface area contributed by atoms with Crippen LogP contribution in [0.2, 0.25) is 0 Å². The van der Waals surface area contributed by atoms with Gasteiger partial charge in [0.1, 0.15) is 0 Å². The summed E-state index contributed by atoms with van der Waals surface area (Å²) >= 11 is 9.75. The molecule has 1 fully saturated rings. The van der Waals surface area contributed by atoms with Crippen molar-refractivity contribution in [3.8, 4) is 0 Å². The number of nitrogens with one attached hydrogen (secondary N) is 1. The van der Waals surface area contributed by atoms with E-state index in [1.54, 1.807) is 0 Å². The van der Waals surface area contributed by atoms with Gasteiger partial charge in [0.2, 0.25) is 0 Å². The largest absolute Gasteiger partial charge is 0.378 e. The average Bonchev–Trinajstić information content (AvgIpc) is 1.87. The van der Waals surface area contributed by atoms with Gasteiger partial charge >= 0.3 is 0 Å². The van der Waals surface area contributed by atoms with E-state index in [0.29, 0.717) is 5.25 Å². The van der Waals surface area contributed by atoms with E-state index in [0.717, 1.165) is 18.0 Å². The monoisotopic (exact) mass is 132 g/mol. The molecule has 1 aliphatic rings. The lowest BCUT2D eigenvalue weighted by Crippen LogP contribution is -2.12. The van der Waals surface area contributed by atoms with Crippen LogP contribution in [0.1, 0.15) is 6.42 Å². The van der Waals surface area contributed by atoms with Crippen molar-refractivity contribution in [2.45, 2.75) is 11.7 Å². The van der Waals surface area contributed by atoms with Crippen molar-refractivity contribution in [1.82, 2.24) is 5.32 Å². The summed E-state index contributed by atoms with van der Waals surface area (Å²) in [6, 6.07) is 0. The molecule has 1 aliphatic heterocycles. The number of hydrogen-bond donors (Lipinski definition) is 1. The van der Waals surface area contributed by atoms with Gasteiger partial charge in [-0.25, -0.2) is 0 Å². The van der Waals surface area contributed by atoms with Crippen LogP contribution in [-0.4, -0.2) is 16.8 Å². The average molecular weight is 132 g/mol. The Morgan fingerprint density at radius 3 is 2.57 bits per heavy atom. The molecule has 0 aromatic rings. The molecule has 0 bridgehead atoms. The predicted octanol–water partition coefficient (Wildman–Crippen LogP) is 0.873. The zero-order valence-corrected chi connectivity index (χ0v) is 5.44. The van der Waals surface area contributed by atoms with Crippen LogP contribution < -0.4 is 5.32 Å². The highest BCUT2D eigenvalue weighted by molar-refractivity contribution is 7.82. The lowest BCUT2D eigenvalue weighted by Gasteiger charge is -1.87. The van der Waals surface area contributed by atoms with Gasteiger partial charge in [0.25, 0.3) is 0 Å². The highest BCUT2D eigenvalue weighted by Gasteiger charge is 2.13. The Hall–Kier alpha value is 0.240. The molecule has 0 saturated carbocycles. The van der Waals surface area contributed by atoms with E-state index in [2.05, 4.69) is 5.32 Å². The molecular formula is C4H6NS2. The number of thiocarbonyl (C=S) groups is 1. The molecule has 0 aliphatic carbocycles. The van der Waals surface area contributed by atoms with Gasteiger partial charge in [0, 0.05) is 18.2 Å². The fourth-order valence-corrected chi connectivity index (χ4v) is 1.22. The zero-order valence-electron chi connectivity index (χ0n) is 3.81. The summed E-state index contributed by atoms with van der Waals surface area (Å²) in [7, 11) is 0. The number of hydrogen-bond acceptors (Lipinski definition) is 1. The highest BCUT2D eigenvalue weighted by atomic mass is 32.1. The van der Waals surface area contributed by atoms with Gasteiger partial charge in [-0.1, -0.05) is 24.8 Å². The minimum Gasteiger partial charge on any atom is -0.378 e. The third-order valence-electron chi connectivity index (χ3n) is 0.940. The Balaban J connectivity index is 2.40. The van der Waals surface area contributed by atoms with Crippen molar-refractivity contribution >= 4 is 29.8 Å². The van der Waals surface area contributed by atoms with Crippen molar-refractivity contribution in [2.75, 3.05) is 6.54 Å². The van der Waals surface area contributed by atoms with Crippen molar-refractivity contribution in [1.29, 1.82) is 0 Å². The van der Waals surface area contributed by atoms with E-state index in [4.69, 9.17) is 24.8 Å². The van der Waals surface area contributed by atoms with Gasteiger partial charge in [-0.3, -0.25) is 0 Å². The third-order valence-corrected chi connectivity index (χ3v) is 1.58. The van der Waals surface area contributed by atoms with Gasteiger partial charge in [-0.05, 0) is 0 Å². The topological polar surface area (TPSA) is 12.0 Å². The summed E-state index contributed by atoms with van der Waals surface area (Å²) < 4.78 is 0. The maximum absolute atomic E-state index is 4.93. The van der Waals surface area contributed by atoms with Crippen LogP contribution >= 0.6 is 24.8 Å². The third kappa shape index (κ3) is 1.31. The maximum Gasteiger partial charge on any atom is 0.0765 e. The molecule has 0 unspecified atom stereocenters. The fraction of sp³-hybridized carbons (Fsp3) is 0.750. The Kier molecular flexibility index (Phi) is 1.54. The van der Waals surface area contributed by atoms with Gasteiger partial charge in [0.15, 0.2) is 0 Å². The fourth-order valence-electron chi connectivity index (χ4n) is 0.579. The second-order valence-corrected chi connectivity index (χ2v) is 2.79. The number of rotatable bonds is 0. The van der Waals surface area contributed by atoms with Crippen LogP contribution in [0.15, 0.2) is 0 Å². The van der Waals surface area contributed by atoms with Crippen LogP contribution in [0.5, 0.6) is 0 Å². The molecule has 1 heterocycles. The lowest BCUT2D eigenvalue weighted by atomic mass is 10.4. The summed E-state index contributed by atoms with van der Waals surface area (Å²) in [5.41, 5.74) is 0. The van der Waals surface area contributed by atoms with Gasteiger partial charge in [-0.2, -0.15) is 0 Å². The van der Waals surface area contributed by atoms with Crippen molar-refractivity contribution in [2.24, 2.45) is 0 Å². The zero-order chi connectivity index (χ0) is 5.28. The molecule has 0 aromatic carbocycles. The van der Waals surface area contributed by atoms with Crippen molar-refractivity contribution in [3.05, 3.63) is 0 Å². The Morgan fingerprint density at radius 1 is 1.71 bits per heavy atom. The second-order valence-electron chi connectivity index (χ2n) is 1.63. The minimum atomic E-state index is 0.354. The quantitative estimate of drug-likeness (QED) is 0.491. The smallest absolute Gasteiger partial charge is 0.0765 e. The molecular weight excluding hydrogens is 126 g/mol. The predicted molar refractivity (Wildman–Crippen MR) is 36.6 cm³/mol.